The summed E-state index contributed by atoms with van der Waals surface area (Å²) in [5, 5.41) is 37.5. The molecule has 0 saturated carbocycles. The molecule has 1 rings (SSSR count). The van der Waals surface area contributed by atoms with Crippen molar-refractivity contribution < 1.29 is 30.0 Å². The molecule has 1 aliphatic heterocycles. The number of aliphatic hydroxyl groups excluding tert-OH is 3. The third-order valence-corrected chi connectivity index (χ3v) is 2.43. The Morgan fingerprint density at radius 3 is 2.21 bits per heavy atom. The molecular weight excluding hydrogens is 192 g/mol. The molecule has 4 N–H and O–H groups in total. The summed E-state index contributed by atoms with van der Waals surface area (Å²) < 4.78 is 4.78. The molecule has 0 amide bonds. The average Bonchev–Trinajstić information content (AvgIpc) is 2.11. The maximum atomic E-state index is 11.0. The van der Waals surface area contributed by atoms with E-state index in [9.17, 15) is 25.2 Å². The molecule has 0 unspecified atom stereocenters. The van der Waals surface area contributed by atoms with Gasteiger partial charge in [0.1, 0.15) is 18.3 Å². The lowest BCUT2D eigenvalue weighted by Crippen LogP contribution is -2.66. The van der Waals surface area contributed by atoms with Gasteiger partial charge in [-0.1, -0.05) is 0 Å². The van der Waals surface area contributed by atoms with Gasteiger partial charge in [0.15, 0.2) is 5.78 Å². The fourth-order valence-electron chi connectivity index (χ4n) is 1.41. The number of aliphatic hydroxyl groups is 4. The number of carbonyl (C=O) groups is 1. The second-order valence-corrected chi connectivity index (χ2v) is 3.50. The second kappa shape index (κ2) is 3.56. The average molecular weight is 206 g/mol. The van der Waals surface area contributed by atoms with E-state index in [-0.39, 0.29) is 0 Å². The van der Waals surface area contributed by atoms with E-state index in [0.717, 1.165) is 6.92 Å². The second-order valence-electron chi connectivity index (χ2n) is 3.50. The number of hydrogen-bond acceptors (Lipinski definition) is 6. The first kappa shape index (κ1) is 11.5. The summed E-state index contributed by atoms with van der Waals surface area (Å²) in [6, 6.07) is 0. The lowest BCUT2D eigenvalue weighted by Gasteiger charge is -2.43. The van der Waals surface area contributed by atoms with Crippen LogP contribution in [0, 0.1) is 0 Å². The third-order valence-electron chi connectivity index (χ3n) is 2.43. The summed E-state index contributed by atoms with van der Waals surface area (Å²) in [5.74, 6) is -3.25. The van der Waals surface area contributed by atoms with Gasteiger partial charge in [-0.05, 0) is 6.92 Å². The molecule has 0 spiro atoms. The minimum Gasteiger partial charge on any atom is -0.388 e. The smallest absolute Gasteiger partial charge is 0.256 e. The van der Waals surface area contributed by atoms with Gasteiger partial charge in [0.25, 0.3) is 5.79 Å². The Hall–Kier alpha value is -0.530. The van der Waals surface area contributed by atoms with Crippen molar-refractivity contribution in [2.75, 3.05) is 0 Å². The number of ether oxygens (including phenoxy) is 1. The van der Waals surface area contributed by atoms with E-state index in [4.69, 9.17) is 4.74 Å². The Balaban J connectivity index is 2.96. The predicted molar refractivity (Wildman–Crippen MR) is 44.2 cm³/mol. The van der Waals surface area contributed by atoms with E-state index in [1.807, 2.05) is 0 Å². The van der Waals surface area contributed by atoms with Crippen molar-refractivity contribution >= 4 is 5.78 Å². The van der Waals surface area contributed by atoms with Gasteiger partial charge < -0.3 is 25.2 Å². The highest BCUT2D eigenvalue weighted by Crippen LogP contribution is 2.28. The Morgan fingerprint density at radius 1 is 1.29 bits per heavy atom. The quantitative estimate of drug-likeness (QED) is 0.386. The fourth-order valence-corrected chi connectivity index (χ4v) is 1.41. The number of hydrogen-bond donors (Lipinski definition) is 4. The van der Waals surface area contributed by atoms with Crippen molar-refractivity contribution in [3.8, 4) is 0 Å². The summed E-state index contributed by atoms with van der Waals surface area (Å²) in [7, 11) is 0. The molecule has 14 heavy (non-hydrogen) atoms. The van der Waals surface area contributed by atoms with Crippen LogP contribution in [-0.2, 0) is 9.53 Å². The van der Waals surface area contributed by atoms with E-state index in [1.54, 1.807) is 0 Å². The summed E-state index contributed by atoms with van der Waals surface area (Å²) >= 11 is 0. The zero-order valence-electron chi connectivity index (χ0n) is 7.91. The van der Waals surface area contributed by atoms with Gasteiger partial charge >= 0.3 is 0 Å². The van der Waals surface area contributed by atoms with Crippen LogP contribution in [0.3, 0.4) is 0 Å². The van der Waals surface area contributed by atoms with Gasteiger partial charge in [0.05, 0.1) is 6.10 Å². The maximum absolute atomic E-state index is 11.0. The van der Waals surface area contributed by atoms with E-state index >= 15 is 0 Å². The van der Waals surface area contributed by atoms with E-state index in [2.05, 4.69) is 0 Å². The van der Waals surface area contributed by atoms with E-state index < -0.39 is 36.0 Å². The van der Waals surface area contributed by atoms with Crippen LogP contribution in [0.2, 0.25) is 0 Å². The fraction of sp³-hybridized carbons (Fsp3) is 0.875. The van der Waals surface area contributed by atoms with Crippen LogP contribution in [0.25, 0.3) is 0 Å². The third kappa shape index (κ3) is 1.55. The summed E-state index contributed by atoms with van der Waals surface area (Å²) in [6.45, 7) is 2.41. The van der Waals surface area contributed by atoms with Crippen LogP contribution in [0.4, 0.5) is 0 Å². The highest BCUT2D eigenvalue weighted by molar-refractivity contribution is 5.84. The van der Waals surface area contributed by atoms with Crippen molar-refractivity contribution in [3.63, 3.8) is 0 Å². The van der Waals surface area contributed by atoms with Crippen molar-refractivity contribution in [3.05, 3.63) is 0 Å². The molecule has 0 aromatic carbocycles. The summed E-state index contributed by atoms with van der Waals surface area (Å²) in [6.07, 6.45) is -5.70. The molecule has 1 fully saturated rings. The van der Waals surface area contributed by atoms with Crippen molar-refractivity contribution in [2.45, 2.75) is 44.1 Å². The van der Waals surface area contributed by atoms with Gasteiger partial charge in [-0.2, -0.15) is 0 Å². The molecule has 0 aliphatic carbocycles. The van der Waals surface area contributed by atoms with Crippen LogP contribution in [0.15, 0.2) is 0 Å². The molecule has 5 atom stereocenters. The summed E-state index contributed by atoms with van der Waals surface area (Å²) in [5.41, 5.74) is 0. The van der Waals surface area contributed by atoms with Crippen LogP contribution in [0.5, 0.6) is 0 Å². The molecule has 1 aliphatic rings. The first-order valence-corrected chi connectivity index (χ1v) is 4.26. The van der Waals surface area contributed by atoms with Crippen LogP contribution in [-0.4, -0.2) is 56.4 Å². The van der Waals surface area contributed by atoms with Gasteiger partial charge in [0, 0.05) is 6.92 Å². The number of ketones is 1. The largest absolute Gasteiger partial charge is 0.388 e. The Labute approximate surface area is 80.7 Å². The molecule has 6 heteroatoms. The zero-order chi connectivity index (χ0) is 11.1. The highest BCUT2D eigenvalue weighted by atomic mass is 16.7. The molecule has 0 aromatic heterocycles. The molecule has 1 saturated heterocycles. The van der Waals surface area contributed by atoms with Crippen molar-refractivity contribution in [2.24, 2.45) is 0 Å². The minimum atomic E-state index is -2.43. The van der Waals surface area contributed by atoms with E-state index in [0.29, 0.717) is 0 Å². The number of rotatable bonds is 1. The molecule has 6 nitrogen and oxygen atoms in total. The predicted octanol–water partition coefficient (Wildman–Crippen LogP) is -2.23. The number of Topliss-reactive ketones (excluding diaryl/α,β-unsaturated/α-hetero) is 1. The number of carbonyl (C=O) groups excluding carboxylic acids is 1. The first-order valence-electron chi connectivity index (χ1n) is 4.26. The van der Waals surface area contributed by atoms with Gasteiger partial charge in [-0.15, -0.1) is 0 Å². The van der Waals surface area contributed by atoms with Crippen molar-refractivity contribution in [1.82, 2.24) is 0 Å². The molecule has 82 valence electrons. The SMILES string of the molecule is CC(=O)[C@]1(O)O[C@@H](C)[C@H](O)[C@@H](O)[C@H]1O. The van der Waals surface area contributed by atoms with E-state index in [1.165, 1.54) is 6.92 Å². The summed E-state index contributed by atoms with van der Waals surface area (Å²) in [4.78, 5) is 11.0. The lowest BCUT2D eigenvalue weighted by atomic mass is 9.91. The highest BCUT2D eigenvalue weighted by Gasteiger charge is 2.54. The van der Waals surface area contributed by atoms with Gasteiger partial charge in [0.2, 0.25) is 0 Å². The standard InChI is InChI=1S/C8H14O6/c1-3-5(10)6(11)7(12)8(13,14-3)4(2)9/h3,5-7,10-13H,1-2H3/t3-,5-,6+,7+,8-/m0/s1. The van der Waals surface area contributed by atoms with Gasteiger partial charge in [-0.3, -0.25) is 4.79 Å². The van der Waals surface area contributed by atoms with Crippen molar-refractivity contribution in [1.29, 1.82) is 0 Å². The molecule has 0 radical (unpaired) electrons. The lowest BCUT2D eigenvalue weighted by molar-refractivity contribution is -0.323. The normalized spacial score (nSPS) is 49.0. The minimum absolute atomic E-state index is 0.817. The monoisotopic (exact) mass is 206 g/mol. The maximum Gasteiger partial charge on any atom is 0.256 e. The Kier molecular flexibility index (Phi) is 2.93. The van der Waals surface area contributed by atoms with Crippen LogP contribution in [0.1, 0.15) is 13.8 Å². The van der Waals surface area contributed by atoms with Crippen LogP contribution < -0.4 is 0 Å². The Morgan fingerprint density at radius 2 is 1.79 bits per heavy atom. The molecule has 1 heterocycles. The topological polar surface area (TPSA) is 107 Å². The first-order chi connectivity index (χ1) is 6.30. The van der Waals surface area contributed by atoms with Gasteiger partial charge in [-0.25, -0.2) is 0 Å². The zero-order valence-corrected chi connectivity index (χ0v) is 7.91. The van der Waals surface area contributed by atoms with Crippen LogP contribution >= 0.6 is 0 Å². The molecule has 0 bridgehead atoms. The molecule has 0 aromatic rings. The Bertz CT molecular complexity index is 242. The molecular formula is C8H14O6.